The average Bonchev–Trinajstić information content (AvgIpc) is 2.38. The summed E-state index contributed by atoms with van der Waals surface area (Å²) in [7, 11) is 1.56. The Bertz CT molecular complexity index is 429. The van der Waals surface area contributed by atoms with Crippen molar-refractivity contribution < 1.29 is 14.7 Å². The van der Waals surface area contributed by atoms with Crippen LogP contribution in [-0.4, -0.2) is 30.1 Å². The summed E-state index contributed by atoms with van der Waals surface area (Å²) in [5.74, 6) is 0.560. The molecule has 0 aromatic heterocycles. The topological polar surface area (TPSA) is 96.9 Å². The third-order valence-electron chi connectivity index (χ3n) is 2.37. The van der Waals surface area contributed by atoms with Gasteiger partial charge in [-0.2, -0.15) is 0 Å². The highest BCUT2D eigenvalue weighted by atomic mass is 16.5. The summed E-state index contributed by atoms with van der Waals surface area (Å²) < 4.78 is 5.01. The molecule has 1 rings (SSSR count). The number of benzene rings is 1. The number of hydrogen-bond donors (Lipinski definition) is 3. The van der Waals surface area contributed by atoms with Crippen LogP contribution >= 0.6 is 0 Å². The second-order valence-corrected chi connectivity index (χ2v) is 3.90. The Labute approximate surface area is 105 Å². The van der Waals surface area contributed by atoms with E-state index >= 15 is 0 Å². The molecule has 0 aliphatic carbocycles. The van der Waals surface area contributed by atoms with Crippen molar-refractivity contribution in [1.29, 1.82) is 0 Å². The molecule has 0 saturated carbocycles. The van der Waals surface area contributed by atoms with Crippen molar-refractivity contribution in [2.75, 3.05) is 7.11 Å². The molecule has 0 heterocycles. The zero-order valence-electron chi connectivity index (χ0n) is 10.4. The van der Waals surface area contributed by atoms with Crippen molar-refractivity contribution in [2.24, 2.45) is 10.9 Å². The number of rotatable bonds is 5. The van der Waals surface area contributed by atoms with Crippen molar-refractivity contribution in [3.63, 3.8) is 0 Å². The molecular formula is C12H17N3O3. The first-order chi connectivity index (χ1) is 8.56. The van der Waals surface area contributed by atoms with Gasteiger partial charge in [0.05, 0.1) is 7.11 Å². The fourth-order valence-corrected chi connectivity index (χ4v) is 1.46. The van der Waals surface area contributed by atoms with Gasteiger partial charge in [-0.15, -0.1) is 0 Å². The molecule has 0 radical (unpaired) electrons. The van der Waals surface area contributed by atoms with Crippen LogP contribution in [0.3, 0.4) is 0 Å². The van der Waals surface area contributed by atoms with E-state index in [-0.39, 0.29) is 17.8 Å². The lowest BCUT2D eigenvalue weighted by atomic mass is 10.1. The molecule has 1 aromatic rings. The molecule has 0 saturated heterocycles. The smallest absolute Gasteiger partial charge is 0.251 e. The van der Waals surface area contributed by atoms with Crippen molar-refractivity contribution >= 4 is 11.7 Å². The monoisotopic (exact) mass is 251 g/mol. The Morgan fingerprint density at radius 2 is 2.11 bits per heavy atom. The predicted octanol–water partition coefficient (Wildman–Crippen LogP) is 0.950. The van der Waals surface area contributed by atoms with E-state index in [2.05, 4.69) is 10.5 Å². The number of carbonyl (C=O) groups is 1. The first-order valence-corrected chi connectivity index (χ1v) is 5.48. The standard InChI is InChI=1S/C12H17N3O3/c1-8(7-11(13)15-17)14-12(16)9-3-5-10(18-2)6-4-9/h3-6,8,17H,7H2,1-2H3,(H2,13,15)(H,14,16). The number of amides is 1. The number of nitrogens with one attached hydrogen (secondary N) is 1. The molecular weight excluding hydrogens is 234 g/mol. The molecule has 1 atom stereocenters. The van der Waals surface area contributed by atoms with E-state index in [1.807, 2.05) is 0 Å². The van der Waals surface area contributed by atoms with E-state index in [9.17, 15) is 4.79 Å². The number of ether oxygens (including phenoxy) is 1. The van der Waals surface area contributed by atoms with E-state index in [1.165, 1.54) is 0 Å². The Kier molecular flexibility index (Phi) is 4.98. The number of carbonyl (C=O) groups excluding carboxylic acids is 1. The van der Waals surface area contributed by atoms with Crippen LogP contribution in [-0.2, 0) is 0 Å². The van der Waals surface area contributed by atoms with E-state index in [0.717, 1.165) is 0 Å². The first kappa shape index (κ1) is 13.8. The van der Waals surface area contributed by atoms with Gasteiger partial charge in [0.2, 0.25) is 0 Å². The molecule has 6 heteroatoms. The molecule has 6 nitrogen and oxygen atoms in total. The molecule has 4 N–H and O–H groups in total. The summed E-state index contributed by atoms with van der Waals surface area (Å²) in [6, 6.07) is 6.55. The summed E-state index contributed by atoms with van der Waals surface area (Å²) in [5.41, 5.74) is 5.89. The van der Waals surface area contributed by atoms with Crippen molar-refractivity contribution in [2.45, 2.75) is 19.4 Å². The van der Waals surface area contributed by atoms with Gasteiger partial charge >= 0.3 is 0 Å². The van der Waals surface area contributed by atoms with Crippen LogP contribution in [0.15, 0.2) is 29.4 Å². The van der Waals surface area contributed by atoms with E-state index in [4.69, 9.17) is 15.7 Å². The van der Waals surface area contributed by atoms with Gasteiger partial charge in [-0.05, 0) is 31.2 Å². The molecule has 0 aliphatic heterocycles. The summed E-state index contributed by atoms with van der Waals surface area (Å²) in [4.78, 5) is 11.8. The van der Waals surface area contributed by atoms with Gasteiger partial charge in [0.15, 0.2) is 0 Å². The molecule has 0 fully saturated rings. The first-order valence-electron chi connectivity index (χ1n) is 5.48. The van der Waals surface area contributed by atoms with Crippen molar-refractivity contribution in [3.05, 3.63) is 29.8 Å². The molecule has 1 amide bonds. The Morgan fingerprint density at radius 3 is 2.61 bits per heavy atom. The summed E-state index contributed by atoms with van der Waals surface area (Å²) >= 11 is 0. The average molecular weight is 251 g/mol. The lowest BCUT2D eigenvalue weighted by Crippen LogP contribution is -2.35. The highest BCUT2D eigenvalue weighted by Gasteiger charge is 2.11. The number of nitrogens with two attached hydrogens (primary N) is 1. The van der Waals surface area contributed by atoms with Gasteiger partial charge in [-0.3, -0.25) is 4.79 Å². The van der Waals surface area contributed by atoms with Gasteiger partial charge in [0.25, 0.3) is 5.91 Å². The van der Waals surface area contributed by atoms with Crippen LogP contribution in [0.25, 0.3) is 0 Å². The van der Waals surface area contributed by atoms with Gasteiger partial charge in [-0.1, -0.05) is 5.16 Å². The summed E-state index contributed by atoms with van der Waals surface area (Å²) in [5, 5.41) is 14.0. The second-order valence-electron chi connectivity index (χ2n) is 3.90. The molecule has 0 aliphatic rings. The predicted molar refractivity (Wildman–Crippen MR) is 67.9 cm³/mol. The molecule has 0 spiro atoms. The maximum atomic E-state index is 11.8. The Hall–Kier alpha value is -2.24. The SMILES string of the molecule is COc1ccc(C(=O)NC(C)CC(N)=NO)cc1. The molecule has 0 bridgehead atoms. The van der Waals surface area contributed by atoms with Crippen molar-refractivity contribution in [1.82, 2.24) is 5.32 Å². The van der Waals surface area contributed by atoms with E-state index in [0.29, 0.717) is 17.7 Å². The summed E-state index contributed by atoms with van der Waals surface area (Å²) in [6.45, 7) is 1.78. The van der Waals surface area contributed by atoms with Crippen molar-refractivity contribution in [3.8, 4) is 5.75 Å². The quantitative estimate of drug-likeness (QED) is 0.314. The molecule has 1 unspecified atom stereocenters. The highest BCUT2D eigenvalue weighted by Crippen LogP contribution is 2.11. The number of nitrogens with zero attached hydrogens (tertiary/aromatic N) is 1. The minimum atomic E-state index is -0.212. The van der Waals surface area contributed by atoms with Gasteiger partial charge < -0.3 is 21.0 Å². The van der Waals surface area contributed by atoms with Gasteiger partial charge in [0, 0.05) is 18.0 Å². The lowest BCUT2D eigenvalue weighted by molar-refractivity contribution is 0.0941. The van der Waals surface area contributed by atoms with Crippen LogP contribution in [0.5, 0.6) is 5.75 Å². The lowest BCUT2D eigenvalue weighted by Gasteiger charge is -2.13. The minimum absolute atomic E-state index is 0.0810. The number of oxime groups is 1. The second kappa shape index (κ2) is 6.48. The molecule has 98 valence electrons. The largest absolute Gasteiger partial charge is 0.497 e. The highest BCUT2D eigenvalue weighted by molar-refractivity contribution is 5.94. The third kappa shape index (κ3) is 3.97. The van der Waals surface area contributed by atoms with Crippen LogP contribution in [0.1, 0.15) is 23.7 Å². The zero-order valence-corrected chi connectivity index (χ0v) is 10.4. The summed E-state index contributed by atoms with van der Waals surface area (Å²) in [6.07, 6.45) is 0.290. The Morgan fingerprint density at radius 1 is 1.50 bits per heavy atom. The van der Waals surface area contributed by atoms with Gasteiger partial charge in [0.1, 0.15) is 11.6 Å². The van der Waals surface area contributed by atoms with Crippen LogP contribution in [0.2, 0.25) is 0 Å². The zero-order chi connectivity index (χ0) is 13.5. The minimum Gasteiger partial charge on any atom is -0.497 e. The van der Waals surface area contributed by atoms with Crippen LogP contribution < -0.4 is 15.8 Å². The van der Waals surface area contributed by atoms with E-state index < -0.39 is 0 Å². The van der Waals surface area contributed by atoms with E-state index in [1.54, 1.807) is 38.3 Å². The number of hydrogen-bond acceptors (Lipinski definition) is 4. The molecule has 18 heavy (non-hydrogen) atoms. The maximum absolute atomic E-state index is 11.8. The van der Waals surface area contributed by atoms with Crippen LogP contribution in [0.4, 0.5) is 0 Å². The normalized spacial score (nSPS) is 12.9. The molecule has 1 aromatic carbocycles. The number of amidine groups is 1. The fraction of sp³-hybridized carbons (Fsp3) is 0.333. The third-order valence-corrected chi connectivity index (χ3v) is 2.37. The Balaban J connectivity index is 2.59. The van der Waals surface area contributed by atoms with Gasteiger partial charge in [-0.25, -0.2) is 0 Å². The maximum Gasteiger partial charge on any atom is 0.251 e. The fourth-order valence-electron chi connectivity index (χ4n) is 1.46. The number of methoxy groups -OCH3 is 1. The van der Waals surface area contributed by atoms with Crippen LogP contribution in [0, 0.1) is 0 Å².